The van der Waals surface area contributed by atoms with Crippen LogP contribution in [0.5, 0.6) is 0 Å². The summed E-state index contributed by atoms with van der Waals surface area (Å²) < 4.78 is 5.33. The Morgan fingerprint density at radius 1 is 1.33 bits per heavy atom. The Hall–Kier alpha value is -0.860. The Labute approximate surface area is 94.2 Å². The lowest BCUT2D eigenvalue weighted by Gasteiger charge is -2.03. The number of benzene rings is 1. The van der Waals surface area contributed by atoms with E-state index in [9.17, 15) is 4.79 Å². The number of hydrogen-bond donors (Lipinski definition) is 0. The summed E-state index contributed by atoms with van der Waals surface area (Å²) in [6.45, 7) is 0.725. The molecule has 0 spiro atoms. The standard InChI is InChI=1S/C12H13ClO2/c13-11-5-1-9(2-6-11)7-15-8-12(14)10-3-4-10/h1-2,5-6,10H,3-4,7-8H2. The van der Waals surface area contributed by atoms with Crippen LogP contribution in [-0.4, -0.2) is 12.4 Å². The number of ether oxygens (including phenoxy) is 1. The van der Waals surface area contributed by atoms with Gasteiger partial charge < -0.3 is 4.74 Å². The minimum Gasteiger partial charge on any atom is -0.369 e. The smallest absolute Gasteiger partial charge is 0.161 e. The molecule has 0 radical (unpaired) electrons. The molecule has 0 amide bonds. The van der Waals surface area contributed by atoms with Crippen molar-refractivity contribution in [3.63, 3.8) is 0 Å². The lowest BCUT2D eigenvalue weighted by Crippen LogP contribution is -2.10. The number of hydrogen-bond acceptors (Lipinski definition) is 2. The Morgan fingerprint density at radius 3 is 2.60 bits per heavy atom. The van der Waals surface area contributed by atoms with E-state index < -0.39 is 0 Å². The fraction of sp³-hybridized carbons (Fsp3) is 0.417. The maximum Gasteiger partial charge on any atom is 0.161 e. The predicted octanol–water partition coefficient (Wildman–Crippen LogP) is 2.84. The topological polar surface area (TPSA) is 26.3 Å². The molecule has 0 aliphatic heterocycles. The van der Waals surface area contributed by atoms with Crippen LogP contribution >= 0.6 is 11.6 Å². The molecule has 0 bridgehead atoms. The first-order valence-electron chi connectivity index (χ1n) is 5.10. The van der Waals surface area contributed by atoms with E-state index in [0.717, 1.165) is 18.4 Å². The van der Waals surface area contributed by atoms with E-state index in [-0.39, 0.29) is 18.3 Å². The van der Waals surface area contributed by atoms with E-state index in [4.69, 9.17) is 16.3 Å². The van der Waals surface area contributed by atoms with E-state index in [1.807, 2.05) is 24.3 Å². The third kappa shape index (κ3) is 3.33. The molecule has 2 nitrogen and oxygen atoms in total. The lowest BCUT2D eigenvalue weighted by atomic mass is 10.2. The van der Waals surface area contributed by atoms with Gasteiger partial charge in [0.05, 0.1) is 6.61 Å². The van der Waals surface area contributed by atoms with Gasteiger partial charge in [-0.05, 0) is 30.5 Å². The van der Waals surface area contributed by atoms with Crippen molar-refractivity contribution in [3.05, 3.63) is 34.9 Å². The average Bonchev–Trinajstić information content (AvgIpc) is 3.04. The van der Waals surface area contributed by atoms with Crippen LogP contribution in [0, 0.1) is 5.92 Å². The van der Waals surface area contributed by atoms with Crippen LogP contribution in [0.2, 0.25) is 5.02 Å². The Balaban J connectivity index is 1.73. The quantitative estimate of drug-likeness (QED) is 0.769. The highest BCUT2D eigenvalue weighted by molar-refractivity contribution is 6.30. The molecule has 1 aliphatic carbocycles. The highest BCUT2D eigenvalue weighted by atomic mass is 35.5. The van der Waals surface area contributed by atoms with Gasteiger partial charge in [-0.2, -0.15) is 0 Å². The van der Waals surface area contributed by atoms with Crippen LogP contribution in [0.4, 0.5) is 0 Å². The van der Waals surface area contributed by atoms with Gasteiger partial charge in [-0.3, -0.25) is 4.79 Å². The van der Waals surface area contributed by atoms with Crippen LogP contribution in [0.15, 0.2) is 24.3 Å². The molecule has 0 N–H and O–H groups in total. The largest absolute Gasteiger partial charge is 0.369 e. The fourth-order valence-corrected chi connectivity index (χ4v) is 1.50. The summed E-state index contributed by atoms with van der Waals surface area (Å²) in [7, 11) is 0. The van der Waals surface area contributed by atoms with Gasteiger partial charge >= 0.3 is 0 Å². The van der Waals surface area contributed by atoms with Crippen LogP contribution < -0.4 is 0 Å². The molecule has 15 heavy (non-hydrogen) atoms. The summed E-state index contributed by atoms with van der Waals surface area (Å²) in [5, 5.41) is 0.716. The van der Waals surface area contributed by atoms with Gasteiger partial charge in [0.15, 0.2) is 5.78 Å². The second-order valence-electron chi connectivity index (χ2n) is 3.86. The zero-order chi connectivity index (χ0) is 10.7. The first-order chi connectivity index (χ1) is 7.25. The van der Waals surface area contributed by atoms with Gasteiger partial charge in [-0.15, -0.1) is 0 Å². The summed E-state index contributed by atoms with van der Waals surface area (Å²) in [5.74, 6) is 0.527. The van der Waals surface area contributed by atoms with E-state index in [1.165, 1.54) is 0 Å². The molecule has 1 saturated carbocycles. The van der Waals surface area contributed by atoms with Crippen molar-refractivity contribution in [2.24, 2.45) is 5.92 Å². The van der Waals surface area contributed by atoms with E-state index in [1.54, 1.807) is 0 Å². The molecule has 0 heterocycles. The van der Waals surface area contributed by atoms with Gasteiger partial charge in [0.2, 0.25) is 0 Å². The van der Waals surface area contributed by atoms with Gasteiger partial charge in [-0.25, -0.2) is 0 Å². The summed E-state index contributed by atoms with van der Waals surface area (Å²) in [6.07, 6.45) is 2.09. The Morgan fingerprint density at radius 2 is 2.00 bits per heavy atom. The Kier molecular flexibility index (Phi) is 3.39. The summed E-state index contributed by atoms with van der Waals surface area (Å²) >= 11 is 5.75. The first kappa shape index (κ1) is 10.7. The monoisotopic (exact) mass is 224 g/mol. The molecule has 0 aromatic heterocycles. The number of rotatable bonds is 5. The van der Waals surface area contributed by atoms with E-state index >= 15 is 0 Å². The fourth-order valence-electron chi connectivity index (χ4n) is 1.37. The number of halogens is 1. The molecule has 2 rings (SSSR count). The van der Waals surface area contributed by atoms with E-state index in [2.05, 4.69) is 0 Å². The van der Waals surface area contributed by atoms with Gasteiger partial charge in [0, 0.05) is 10.9 Å². The number of carbonyl (C=O) groups is 1. The second kappa shape index (κ2) is 4.77. The molecule has 3 heteroatoms. The van der Waals surface area contributed by atoms with Crippen molar-refractivity contribution in [2.45, 2.75) is 19.4 Å². The normalized spacial score (nSPS) is 15.3. The third-order valence-electron chi connectivity index (χ3n) is 2.46. The third-order valence-corrected chi connectivity index (χ3v) is 2.71. The number of ketones is 1. The molecular weight excluding hydrogens is 212 g/mol. The number of carbonyl (C=O) groups excluding carboxylic acids is 1. The van der Waals surface area contributed by atoms with Crippen LogP contribution in [0.1, 0.15) is 18.4 Å². The van der Waals surface area contributed by atoms with Crippen molar-refractivity contribution < 1.29 is 9.53 Å². The first-order valence-corrected chi connectivity index (χ1v) is 5.48. The molecule has 80 valence electrons. The maximum absolute atomic E-state index is 11.3. The highest BCUT2D eigenvalue weighted by Crippen LogP contribution is 2.29. The Bertz CT molecular complexity index is 341. The molecule has 0 unspecified atom stereocenters. The zero-order valence-electron chi connectivity index (χ0n) is 8.41. The zero-order valence-corrected chi connectivity index (χ0v) is 9.17. The van der Waals surface area contributed by atoms with Gasteiger partial charge in [-0.1, -0.05) is 23.7 Å². The van der Waals surface area contributed by atoms with Gasteiger partial charge in [0.1, 0.15) is 6.61 Å². The maximum atomic E-state index is 11.3. The van der Waals surface area contributed by atoms with Crippen LogP contribution in [0.3, 0.4) is 0 Å². The molecule has 0 atom stereocenters. The minimum atomic E-state index is 0.240. The van der Waals surface area contributed by atoms with E-state index in [0.29, 0.717) is 11.6 Å². The average molecular weight is 225 g/mol. The van der Waals surface area contributed by atoms with Crippen molar-refractivity contribution in [1.29, 1.82) is 0 Å². The predicted molar refractivity (Wildman–Crippen MR) is 58.8 cm³/mol. The SMILES string of the molecule is O=C(COCc1ccc(Cl)cc1)C1CC1. The summed E-state index contributed by atoms with van der Waals surface area (Å²) in [6, 6.07) is 7.46. The van der Waals surface area contributed by atoms with Crippen molar-refractivity contribution in [1.82, 2.24) is 0 Å². The lowest BCUT2D eigenvalue weighted by molar-refractivity contribution is -0.125. The number of Topliss-reactive ketones (excluding diaryl/α,β-unsaturated/α-hetero) is 1. The minimum absolute atomic E-state index is 0.240. The van der Waals surface area contributed by atoms with Gasteiger partial charge in [0.25, 0.3) is 0 Å². The van der Waals surface area contributed by atoms with Crippen molar-refractivity contribution >= 4 is 17.4 Å². The molecule has 1 fully saturated rings. The molecule has 0 saturated heterocycles. The molecule has 1 aromatic rings. The molecular formula is C12H13ClO2. The highest BCUT2D eigenvalue weighted by Gasteiger charge is 2.28. The molecule has 1 aromatic carbocycles. The van der Waals surface area contributed by atoms with Crippen molar-refractivity contribution in [2.75, 3.05) is 6.61 Å². The van der Waals surface area contributed by atoms with Crippen LogP contribution in [-0.2, 0) is 16.1 Å². The summed E-state index contributed by atoms with van der Waals surface area (Å²) in [5.41, 5.74) is 1.04. The van der Waals surface area contributed by atoms with Crippen LogP contribution in [0.25, 0.3) is 0 Å². The van der Waals surface area contributed by atoms with Crippen molar-refractivity contribution in [3.8, 4) is 0 Å². The summed E-state index contributed by atoms with van der Waals surface area (Å²) in [4.78, 5) is 11.3. The molecule has 1 aliphatic rings. The second-order valence-corrected chi connectivity index (χ2v) is 4.30.